The number of nitrogens with one attached hydrogen (secondary N) is 1. The van der Waals surface area contributed by atoms with Crippen molar-refractivity contribution in [2.24, 2.45) is 5.92 Å². The van der Waals surface area contributed by atoms with Crippen LogP contribution in [0.5, 0.6) is 0 Å². The van der Waals surface area contributed by atoms with Crippen LogP contribution in [0.3, 0.4) is 0 Å². The molecule has 152 valence electrons. The van der Waals surface area contributed by atoms with Gasteiger partial charge in [-0.25, -0.2) is 4.39 Å². The maximum Gasteiger partial charge on any atom is 0.310 e. The number of esters is 1. The lowest BCUT2D eigenvalue weighted by Crippen LogP contribution is -2.57. The third-order valence-corrected chi connectivity index (χ3v) is 6.40. The van der Waals surface area contributed by atoms with Crippen LogP contribution in [-0.2, 0) is 25.5 Å². The first kappa shape index (κ1) is 20.6. The summed E-state index contributed by atoms with van der Waals surface area (Å²) in [6.45, 7) is 2.98. The van der Waals surface area contributed by atoms with Crippen LogP contribution in [0.15, 0.2) is 24.3 Å². The lowest BCUT2D eigenvalue weighted by Gasteiger charge is -2.36. The van der Waals surface area contributed by atoms with E-state index in [9.17, 15) is 18.8 Å². The van der Waals surface area contributed by atoms with Crippen molar-refractivity contribution in [3.63, 3.8) is 0 Å². The van der Waals surface area contributed by atoms with Crippen molar-refractivity contribution in [3.05, 3.63) is 35.6 Å². The summed E-state index contributed by atoms with van der Waals surface area (Å²) in [5.41, 5.74) is 0.494. The van der Waals surface area contributed by atoms with Gasteiger partial charge in [-0.1, -0.05) is 18.2 Å². The number of carbonyl (C=O) groups excluding carboxylic acids is 3. The zero-order chi connectivity index (χ0) is 20.1. The predicted octanol–water partition coefficient (Wildman–Crippen LogP) is 1.77. The van der Waals surface area contributed by atoms with Gasteiger partial charge in [0.25, 0.3) is 0 Å². The minimum atomic E-state index is -0.615. The van der Waals surface area contributed by atoms with Gasteiger partial charge in [-0.15, -0.1) is 11.8 Å². The summed E-state index contributed by atoms with van der Waals surface area (Å²) in [6, 6.07) is 5.79. The van der Waals surface area contributed by atoms with Gasteiger partial charge in [0.2, 0.25) is 11.8 Å². The Balaban J connectivity index is 1.56. The Bertz CT molecular complexity index is 745. The number of ether oxygens (including phenoxy) is 1. The van der Waals surface area contributed by atoms with E-state index in [0.717, 1.165) is 6.42 Å². The van der Waals surface area contributed by atoms with Crippen LogP contribution in [0.1, 0.15) is 25.3 Å². The number of amides is 2. The van der Waals surface area contributed by atoms with Crippen LogP contribution in [0, 0.1) is 11.7 Å². The third kappa shape index (κ3) is 4.84. The zero-order valence-corrected chi connectivity index (χ0v) is 16.7. The fraction of sp³-hybridized carbons (Fsp3) is 0.550. The van der Waals surface area contributed by atoms with Gasteiger partial charge in [-0.05, 0) is 37.8 Å². The molecule has 0 saturated carbocycles. The van der Waals surface area contributed by atoms with Crippen LogP contribution >= 0.6 is 11.8 Å². The highest BCUT2D eigenvalue weighted by atomic mass is 32.2. The Labute approximate surface area is 168 Å². The zero-order valence-electron chi connectivity index (χ0n) is 15.9. The summed E-state index contributed by atoms with van der Waals surface area (Å²) in [4.78, 5) is 38.9. The first-order valence-electron chi connectivity index (χ1n) is 9.60. The molecule has 1 aromatic rings. The van der Waals surface area contributed by atoms with E-state index < -0.39 is 11.3 Å². The molecule has 2 aliphatic heterocycles. The highest BCUT2D eigenvalue weighted by Gasteiger charge is 2.37. The van der Waals surface area contributed by atoms with Crippen LogP contribution in [-0.4, -0.2) is 59.4 Å². The lowest BCUT2D eigenvalue weighted by molar-refractivity contribution is -0.151. The number of piperidine rings is 1. The number of rotatable bonds is 5. The van der Waals surface area contributed by atoms with Crippen molar-refractivity contribution >= 4 is 29.5 Å². The number of carbonyl (C=O) groups is 3. The van der Waals surface area contributed by atoms with E-state index >= 15 is 0 Å². The smallest absolute Gasteiger partial charge is 0.310 e. The van der Waals surface area contributed by atoms with Crippen molar-refractivity contribution < 1.29 is 23.5 Å². The largest absolute Gasteiger partial charge is 0.466 e. The highest BCUT2D eigenvalue weighted by molar-refractivity contribution is 8.00. The summed E-state index contributed by atoms with van der Waals surface area (Å²) in [6.07, 6.45) is 1.73. The predicted molar refractivity (Wildman–Crippen MR) is 104 cm³/mol. The number of hydrogen-bond acceptors (Lipinski definition) is 5. The summed E-state index contributed by atoms with van der Waals surface area (Å²) in [5, 5.41) is 2.36. The summed E-state index contributed by atoms with van der Waals surface area (Å²) in [5.74, 6) is -0.890. The molecule has 1 aromatic carbocycles. The standard InChI is InChI=1S/C20H25FN2O4S/c1-2-27-20(26)14-7-5-9-23(11-14)19(25)16-12-28-17(18(24)22-16)10-13-6-3-4-8-15(13)21/h3-4,6,8,14,16-17H,2,5,7,9-12H2,1H3,(H,22,24). The molecule has 0 bridgehead atoms. The molecule has 0 aromatic heterocycles. The Hall–Kier alpha value is -2.09. The van der Waals surface area contributed by atoms with Gasteiger partial charge in [-0.3, -0.25) is 14.4 Å². The minimum Gasteiger partial charge on any atom is -0.466 e. The Morgan fingerprint density at radius 3 is 2.86 bits per heavy atom. The van der Waals surface area contributed by atoms with E-state index in [1.807, 2.05) is 0 Å². The van der Waals surface area contributed by atoms with Gasteiger partial charge in [0, 0.05) is 18.8 Å². The lowest BCUT2D eigenvalue weighted by atomic mass is 9.97. The number of likely N-dealkylation sites (tertiary alicyclic amines) is 1. The monoisotopic (exact) mass is 408 g/mol. The molecule has 1 N–H and O–H groups in total. The average molecular weight is 408 g/mol. The molecule has 3 rings (SSSR count). The van der Waals surface area contributed by atoms with Gasteiger partial charge in [-0.2, -0.15) is 0 Å². The molecule has 2 fully saturated rings. The Morgan fingerprint density at radius 2 is 2.14 bits per heavy atom. The molecule has 8 heteroatoms. The molecule has 0 aliphatic carbocycles. The third-order valence-electron chi connectivity index (χ3n) is 5.09. The second-order valence-corrected chi connectivity index (χ2v) is 8.29. The topological polar surface area (TPSA) is 75.7 Å². The van der Waals surface area contributed by atoms with Crippen LogP contribution in [0.2, 0.25) is 0 Å². The maximum atomic E-state index is 13.8. The van der Waals surface area contributed by atoms with Gasteiger partial charge in [0.15, 0.2) is 0 Å². The van der Waals surface area contributed by atoms with Crippen LogP contribution in [0.4, 0.5) is 4.39 Å². The van der Waals surface area contributed by atoms with Gasteiger partial charge in [0.1, 0.15) is 11.9 Å². The normalized spacial score (nSPS) is 25.1. The Kier molecular flexibility index (Phi) is 6.93. The van der Waals surface area contributed by atoms with Crippen molar-refractivity contribution in [3.8, 4) is 0 Å². The quantitative estimate of drug-likeness (QED) is 0.752. The molecule has 2 saturated heterocycles. The van der Waals surface area contributed by atoms with Gasteiger partial charge in [0.05, 0.1) is 17.8 Å². The number of nitrogens with zero attached hydrogens (tertiary/aromatic N) is 1. The second kappa shape index (κ2) is 9.41. The number of hydrogen-bond donors (Lipinski definition) is 1. The molecule has 2 amide bonds. The van der Waals surface area contributed by atoms with Crippen LogP contribution < -0.4 is 5.32 Å². The number of benzene rings is 1. The minimum absolute atomic E-state index is 0.167. The Morgan fingerprint density at radius 1 is 1.36 bits per heavy atom. The van der Waals surface area contributed by atoms with Crippen molar-refractivity contribution in [1.29, 1.82) is 0 Å². The first-order valence-corrected chi connectivity index (χ1v) is 10.6. The average Bonchev–Trinajstić information content (AvgIpc) is 2.71. The molecule has 3 atom stereocenters. The summed E-state index contributed by atoms with van der Waals surface area (Å²) >= 11 is 1.37. The summed E-state index contributed by atoms with van der Waals surface area (Å²) < 4.78 is 18.9. The SMILES string of the molecule is CCOC(=O)C1CCCN(C(=O)C2CSC(Cc3ccccc3F)C(=O)N2)C1. The summed E-state index contributed by atoms with van der Waals surface area (Å²) in [7, 11) is 0. The van der Waals surface area contributed by atoms with E-state index in [-0.39, 0.29) is 29.5 Å². The van der Waals surface area contributed by atoms with Gasteiger partial charge >= 0.3 is 5.97 Å². The fourth-order valence-corrected chi connectivity index (χ4v) is 4.76. The number of halogens is 1. The van der Waals surface area contributed by atoms with Crippen molar-refractivity contribution in [2.75, 3.05) is 25.4 Å². The van der Waals surface area contributed by atoms with E-state index in [4.69, 9.17) is 4.74 Å². The molecule has 2 heterocycles. The molecular formula is C20H25FN2O4S. The van der Waals surface area contributed by atoms with E-state index in [0.29, 0.717) is 43.9 Å². The molecule has 2 aliphatic rings. The highest BCUT2D eigenvalue weighted by Crippen LogP contribution is 2.25. The van der Waals surface area contributed by atoms with Crippen molar-refractivity contribution in [1.82, 2.24) is 10.2 Å². The molecule has 6 nitrogen and oxygen atoms in total. The molecular weight excluding hydrogens is 383 g/mol. The van der Waals surface area contributed by atoms with Crippen LogP contribution in [0.25, 0.3) is 0 Å². The number of thioether (sulfide) groups is 1. The maximum absolute atomic E-state index is 13.8. The van der Waals surface area contributed by atoms with E-state index in [1.165, 1.54) is 17.8 Å². The molecule has 0 radical (unpaired) electrons. The second-order valence-electron chi connectivity index (χ2n) is 7.05. The fourth-order valence-electron chi connectivity index (χ4n) is 3.59. The van der Waals surface area contributed by atoms with Crippen molar-refractivity contribution in [2.45, 2.75) is 37.5 Å². The molecule has 28 heavy (non-hydrogen) atoms. The molecule has 0 spiro atoms. The van der Waals surface area contributed by atoms with E-state index in [1.54, 1.807) is 30.0 Å². The molecule has 3 unspecified atom stereocenters. The van der Waals surface area contributed by atoms with E-state index in [2.05, 4.69) is 5.32 Å². The first-order chi connectivity index (χ1) is 13.5. The van der Waals surface area contributed by atoms with Gasteiger partial charge < -0.3 is 15.0 Å².